The van der Waals surface area contributed by atoms with Crippen molar-refractivity contribution in [3.05, 3.63) is 17.3 Å². The fourth-order valence-corrected chi connectivity index (χ4v) is 2.92. The van der Waals surface area contributed by atoms with Crippen molar-refractivity contribution in [2.75, 3.05) is 18.0 Å². The summed E-state index contributed by atoms with van der Waals surface area (Å²) >= 11 is 5.74. The molecule has 3 rings (SSSR count). The second kappa shape index (κ2) is 4.31. The summed E-state index contributed by atoms with van der Waals surface area (Å²) in [4.78, 5) is 9.58. The average Bonchev–Trinajstić information content (AvgIpc) is 2.29. The summed E-state index contributed by atoms with van der Waals surface area (Å²) in [7, 11) is 0. The molecule has 1 aromatic heterocycles. The van der Waals surface area contributed by atoms with E-state index in [1.165, 1.54) is 6.42 Å². The smallest absolute Gasteiger partial charge is 0.224 e. The van der Waals surface area contributed by atoms with E-state index in [0.29, 0.717) is 13.1 Å². The van der Waals surface area contributed by atoms with Gasteiger partial charge in [0.25, 0.3) is 0 Å². The van der Waals surface area contributed by atoms with Crippen LogP contribution in [0.2, 0.25) is 5.28 Å². The first-order valence-electron chi connectivity index (χ1n) is 6.19. The van der Waals surface area contributed by atoms with E-state index < -0.39 is 5.82 Å². The van der Waals surface area contributed by atoms with E-state index in [2.05, 4.69) is 9.97 Å². The number of halogens is 2. The van der Waals surface area contributed by atoms with E-state index in [0.717, 1.165) is 19.0 Å². The lowest BCUT2D eigenvalue weighted by molar-refractivity contribution is -0.142. The minimum absolute atomic E-state index is 0.0761. The van der Waals surface area contributed by atoms with Crippen molar-refractivity contribution in [2.24, 2.45) is 0 Å². The van der Waals surface area contributed by atoms with E-state index in [1.807, 2.05) is 11.8 Å². The highest BCUT2D eigenvalue weighted by molar-refractivity contribution is 6.28. The number of aromatic nitrogens is 2. The Bertz CT molecular complexity index is 467. The van der Waals surface area contributed by atoms with E-state index in [1.54, 1.807) is 0 Å². The summed E-state index contributed by atoms with van der Waals surface area (Å²) in [6.07, 6.45) is 4.45. The predicted octanol–water partition coefficient (Wildman–Crippen LogP) is 2.42. The maximum absolute atomic E-state index is 13.8. The monoisotopic (exact) mass is 271 g/mol. The number of morpholine rings is 1. The van der Waals surface area contributed by atoms with Gasteiger partial charge in [0.2, 0.25) is 5.28 Å². The van der Waals surface area contributed by atoms with Crippen LogP contribution in [0.5, 0.6) is 0 Å². The highest BCUT2D eigenvalue weighted by Crippen LogP contribution is 2.40. The average molecular weight is 272 g/mol. The number of hydrogen-bond donors (Lipinski definition) is 0. The molecule has 2 fully saturated rings. The van der Waals surface area contributed by atoms with Crippen LogP contribution in [0, 0.1) is 5.82 Å². The highest BCUT2D eigenvalue weighted by atomic mass is 35.5. The van der Waals surface area contributed by atoms with Crippen molar-refractivity contribution < 1.29 is 9.13 Å². The largest absolute Gasteiger partial charge is 0.368 e. The molecule has 2 aliphatic rings. The quantitative estimate of drug-likeness (QED) is 0.736. The molecule has 1 unspecified atom stereocenters. The lowest BCUT2D eigenvalue weighted by Gasteiger charge is -2.51. The molecule has 0 N–H and O–H groups in total. The van der Waals surface area contributed by atoms with Gasteiger partial charge in [-0.05, 0) is 37.8 Å². The van der Waals surface area contributed by atoms with E-state index in [4.69, 9.17) is 16.3 Å². The van der Waals surface area contributed by atoms with Gasteiger partial charge in [0, 0.05) is 13.1 Å². The molecule has 1 aliphatic heterocycles. The molecule has 1 saturated carbocycles. The van der Waals surface area contributed by atoms with Crippen LogP contribution in [0.15, 0.2) is 6.20 Å². The van der Waals surface area contributed by atoms with Gasteiger partial charge < -0.3 is 9.64 Å². The Kier molecular flexibility index (Phi) is 2.90. The number of anilines is 1. The molecule has 4 nitrogen and oxygen atoms in total. The van der Waals surface area contributed by atoms with Crippen LogP contribution in [0.25, 0.3) is 0 Å². The fourth-order valence-electron chi connectivity index (χ4n) is 2.79. The van der Waals surface area contributed by atoms with Gasteiger partial charge in [0.05, 0.1) is 17.9 Å². The van der Waals surface area contributed by atoms with Crippen LogP contribution >= 0.6 is 11.6 Å². The Morgan fingerprint density at radius 1 is 1.56 bits per heavy atom. The van der Waals surface area contributed by atoms with Crippen molar-refractivity contribution in [2.45, 2.75) is 37.9 Å². The molecule has 0 radical (unpaired) electrons. The number of ether oxygens (including phenoxy) is 1. The summed E-state index contributed by atoms with van der Waals surface area (Å²) in [5, 5.41) is 0.0770. The van der Waals surface area contributed by atoms with Crippen LogP contribution in [-0.4, -0.2) is 34.8 Å². The molecular formula is C12H15ClFN3O. The maximum Gasteiger partial charge on any atom is 0.224 e. The Labute approximate surface area is 110 Å². The van der Waals surface area contributed by atoms with Crippen LogP contribution in [0.1, 0.15) is 26.2 Å². The zero-order valence-electron chi connectivity index (χ0n) is 10.2. The Morgan fingerprint density at radius 3 is 3.00 bits per heavy atom. The van der Waals surface area contributed by atoms with E-state index in [-0.39, 0.29) is 22.8 Å². The Hall–Kier alpha value is -0.940. The van der Waals surface area contributed by atoms with Crippen molar-refractivity contribution in [1.82, 2.24) is 9.97 Å². The van der Waals surface area contributed by atoms with Crippen LogP contribution < -0.4 is 4.90 Å². The van der Waals surface area contributed by atoms with Gasteiger partial charge in [-0.1, -0.05) is 0 Å². The third-order valence-corrected chi connectivity index (χ3v) is 3.85. The fraction of sp³-hybridized carbons (Fsp3) is 0.667. The highest BCUT2D eigenvalue weighted by Gasteiger charge is 2.45. The van der Waals surface area contributed by atoms with Gasteiger partial charge in [0.15, 0.2) is 11.6 Å². The molecule has 0 amide bonds. The van der Waals surface area contributed by atoms with Gasteiger partial charge in [-0.2, -0.15) is 4.98 Å². The summed E-state index contributed by atoms with van der Waals surface area (Å²) in [5.41, 5.74) is -0.110. The lowest BCUT2D eigenvalue weighted by atomic mass is 9.78. The van der Waals surface area contributed by atoms with Crippen molar-refractivity contribution >= 4 is 17.4 Å². The molecule has 18 heavy (non-hydrogen) atoms. The van der Waals surface area contributed by atoms with E-state index in [9.17, 15) is 4.39 Å². The predicted molar refractivity (Wildman–Crippen MR) is 66.3 cm³/mol. The second-order valence-electron chi connectivity index (χ2n) is 5.16. The molecule has 0 aromatic carbocycles. The number of hydrogen-bond acceptors (Lipinski definition) is 4. The first-order valence-corrected chi connectivity index (χ1v) is 6.57. The molecule has 1 saturated heterocycles. The van der Waals surface area contributed by atoms with Crippen molar-refractivity contribution in [1.29, 1.82) is 0 Å². The first-order chi connectivity index (χ1) is 8.58. The Morgan fingerprint density at radius 2 is 2.33 bits per heavy atom. The molecule has 98 valence electrons. The minimum Gasteiger partial charge on any atom is -0.368 e. The van der Waals surface area contributed by atoms with Gasteiger partial charge in [-0.25, -0.2) is 9.37 Å². The number of nitrogens with zero attached hydrogens (tertiary/aromatic N) is 3. The Balaban J connectivity index is 1.88. The van der Waals surface area contributed by atoms with Crippen LogP contribution in [-0.2, 0) is 4.74 Å². The summed E-state index contributed by atoms with van der Waals surface area (Å²) in [5.74, 6) is -0.139. The maximum atomic E-state index is 13.8. The lowest BCUT2D eigenvalue weighted by Crippen LogP contribution is -2.58. The topological polar surface area (TPSA) is 38.2 Å². The van der Waals surface area contributed by atoms with Gasteiger partial charge in [-0.3, -0.25) is 0 Å². The molecule has 6 heteroatoms. The zero-order valence-corrected chi connectivity index (χ0v) is 11.0. The molecule has 1 aliphatic carbocycles. The normalized spacial score (nSPS) is 26.2. The summed E-state index contributed by atoms with van der Waals surface area (Å²) in [6, 6.07) is 0. The third kappa shape index (κ3) is 2.06. The molecule has 0 bridgehead atoms. The van der Waals surface area contributed by atoms with E-state index >= 15 is 0 Å². The molecule has 1 atom stereocenters. The van der Waals surface area contributed by atoms with Crippen molar-refractivity contribution in [3.8, 4) is 0 Å². The first kappa shape index (κ1) is 12.1. The van der Waals surface area contributed by atoms with Crippen molar-refractivity contribution in [3.63, 3.8) is 0 Å². The SMILES string of the molecule is CC1CN(c2nc(Cl)ncc2F)CC2(CCC2)O1. The molecule has 1 aromatic rings. The second-order valence-corrected chi connectivity index (χ2v) is 5.49. The van der Waals surface area contributed by atoms with Gasteiger partial charge >= 0.3 is 0 Å². The molecule has 2 heterocycles. The number of rotatable bonds is 1. The standard InChI is InChI=1S/C12H15ClFN3O/c1-8-6-17(7-12(18-8)3-2-4-12)10-9(14)5-15-11(13)16-10/h5,8H,2-4,6-7H2,1H3. The molecule has 1 spiro atoms. The molecular weight excluding hydrogens is 257 g/mol. The third-order valence-electron chi connectivity index (χ3n) is 3.67. The summed E-state index contributed by atoms with van der Waals surface area (Å²) < 4.78 is 19.8. The van der Waals surface area contributed by atoms with Gasteiger partial charge in [-0.15, -0.1) is 0 Å². The summed E-state index contributed by atoms with van der Waals surface area (Å²) in [6.45, 7) is 3.32. The van der Waals surface area contributed by atoms with Gasteiger partial charge in [0.1, 0.15) is 0 Å². The van der Waals surface area contributed by atoms with Crippen LogP contribution in [0.4, 0.5) is 10.2 Å². The minimum atomic E-state index is -0.428. The zero-order chi connectivity index (χ0) is 12.8. The van der Waals surface area contributed by atoms with Crippen LogP contribution in [0.3, 0.4) is 0 Å².